The van der Waals surface area contributed by atoms with Crippen LogP contribution in [0.15, 0.2) is 18.3 Å². The number of fused-ring (bicyclic) bond motifs is 1. The molecule has 2 amide bonds. The third-order valence-corrected chi connectivity index (χ3v) is 6.09. The van der Waals surface area contributed by atoms with Gasteiger partial charge in [-0.25, -0.2) is 0 Å². The van der Waals surface area contributed by atoms with Crippen molar-refractivity contribution in [2.45, 2.75) is 57.2 Å². The number of halogens is 1. The Bertz CT molecular complexity index is 669. The lowest BCUT2D eigenvalue weighted by Crippen LogP contribution is -2.49. The van der Waals surface area contributed by atoms with Gasteiger partial charge in [-0.2, -0.15) is 0 Å². The predicted molar refractivity (Wildman–Crippen MR) is 101 cm³/mol. The summed E-state index contributed by atoms with van der Waals surface area (Å²) >= 11 is 0. The molecule has 1 aromatic rings. The lowest BCUT2D eigenvalue weighted by Gasteiger charge is -2.36. The molecule has 7 heteroatoms. The maximum absolute atomic E-state index is 12.6. The lowest BCUT2D eigenvalue weighted by molar-refractivity contribution is -0.133. The predicted octanol–water partition coefficient (Wildman–Crippen LogP) is 1.97. The molecule has 1 aliphatic carbocycles. The largest absolute Gasteiger partial charge is 0.341 e. The highest BCUT2D eigenvalue weighted by Gasteiger charge is 2.38. The number of amides is 2. The lowest BCUT2D eigenvalue weighted by atomic mass is 9.81. The Balaban J connectivity index is 0.00000196. The fourth-order valence-electron chi connectivity index (χ4n) is 4.56. The molecule has 0 unspecified atom stereocenters. The minimum Gasteiger partial charge on any atom is -0.341 e. The molecule has 4 rings (SSSR count). The molecule has 142 valence electrons. The number of nitrogens with zero attached hydrogens (tertiary/aromatic N) is 3. The number of hydrogen-bond donors (Lipinski definition) is 1. The van der Waals surface area contributed by atoms with Crippen LogP contribution in [0.1, 0.15) is 54.6 Å². The van der Waals surface area contributed by atoms with Crippen LogP contribution in [0.3, 0.4) is 0 Å². The summed E-state index contributed by atoms with van der Waals surface area (Å²) in [6.45, 7) is 2.33. The Morgan fingerprint density at radius 3 is 2.54 bits per heavy atom. The minimum absolute atomic E-state index is 0. The van der Waals surface area contributed by atoms with Crippen LogP contribution in [0.2, 0.25) is 0 Å². The summed E-state index contributed by atoms with van der Waals surface area (Å²) < 4.78 is 0. The highest BCUT2D eigenvalue weighted by molar-refractivity contribution is 5.97. The Hall–Kier alpha value is -1.66. The Morgan fingerprint density at radius 1 is 1.19 bits per heavy atom. The third kappa shape index (κ3) is 3.45. The first kappa shape index (κ1) is 19.1. The number of rotatable bonds is 3. The van der Waals surface area contributed by atoms with Crippen LogP contribution >= 0.6 is 12.4 Å². The molecule has 0 radical (unpaired) electrons. The Kier molecular flexibility index (Phi) is 5.82. The normalized spacial score (nSPS) is 26.4. The van der Waals surface area contributed by atoms with Gasteiger partial charge in [0.15, 0.2) is 0 Å². The number of hydrogen-bond acceptors (Lipinski definition) is 4. The van der Waals surface area contributed by atoms with E-state index in [9.17, 15) is 9.59 Å². The zero-order chi connectivity index (χ0) is 17.4. The zero-order valence-corrected chi connectivity index (χ0v) is 15.8. The fourth-order valence-corrected chi connectivity index (χ4v) is 4.56. The van der Waals surface area contributed by atoms with Crippen molar-refractivity contribution in [3.63, 3.8) is 0 Å². The van der Waals surface area contributed by atoms with Crippen molar-refractivity contribution >= 4 is 24.2 Å². The van der Waals surface area contributed by atoms with Gasteiger partial charge in [0, 0.05) is 25.3 Å². The van der Waals surface area contributed by atoms with Gasteiger partial charge in [0.05, 0.1) is 23.8 Å². The van der Waals surface area contributed by atoms with E-state index in [0.29, 0.717) is 6.54 Å². The average molecular weight is 379 g/mol. The van der Waals surface area contributed by atoms with E-state index in [0.717, 1.165) is 62.9 Å². The van der Waals surface area contributed by atoms with E-state index in [-0.39, 0.29) is 42.2 Å². The molecule has 0 spiro atoms. The fraction of sp³-hybridized carbons (Fsp3) is 0.632. The van der Waals surface area contributed by atoms with Gasteiger partial charge in [-0.1, -0.05) is 0 Å². The van der Waals surface area contributed by atoms with Gasteiger partial charge in [-0.15, -0.1) is 12.4 Å². The van der Waals surface area contributed by atoms with E-state index in [4.69, 9.17) is 5.73 Å². The average Bonchev–Trinajstić information content (AvgIpc) is 3.30. The summed E-state index contributed by atoms with van der Waals surface area (Å²) in [5, 5.41) is 0. The molecule has 6 nitrogen and oxygen atoms in total. The van der Waals surface area contributed by atoms with Crippen molar-refractivity contribution in [3.8, 4) is 0 Å². The number of aromatic nitrogens is 1. The monoisotopic (exact) mass is 378 g/mol. The van der Waals surface area contributed by atoms with Crippen LogP contribution in [0.25, 0.3) is 0 Å². The molecule has 1 atom stereocenters. The summed E-state index contributed by atoms with van der Waals surface area (Å²) in [5.41, 5.74) is 7.91. The maximum Gasteiger partial charge on any atom is 0.256 e. The van der Waals surface area contributed by atoms with Crippen LogP contribution in [0.5, 0.6) is 0 Å². The highest BCUT2D eigenvalue weighted by atomic mass is 35.5. The van der Waals surface area contributed by atoms with E-state index in [2.05, 4.69) is 4.98 Å². The third-order valence-electron chi connectivity index (χ3n) is 6.09. The highest BCUT2D eigenvalue weighted by Crippen LogP contribution is 2.33. The van der Waals surface area contributed by atoms with Crippen LogP contribution in [-0.2, 0) is 11.3 Å². The maximum atomic E-state index is 12.6. The Morgan fingerprint density at radius 2 is 1.88 bits per heavy atom. The molecule has 1 saturated carbocycles. The van der Waals surface area contributed by atoms with Crippen LogP contribution in [0, 0.1) is 5.92 Å². The second kappa shape index (κ2) is 7.92. The second-order valence-electron chi connectivity index (χ2n) is 7.56. The summed E-state index contributed by atoms with van der Waals surface area (Å²) in [6.07, 6.45) is 7.61. The smallest absolute Gasteiger partial charge is 0.256 e. The first-order valence-corrected chi connectivity index (χ1v) is 9.44. The summed E-state index contributed by atoms with van der Waals surface area (Å²) in [6, 6.07) is 3.54. The molecule has 1 saturated heterocycles. The number of nitrogens with two attached hydrogens (primary N) is 1. The number of pyridine rings is 1. The first-order chi connectivity index (χ1) is 12.1. The van der Waals surface area contributed by atoms with E-state index < -0.39 is 0 Å². The van der Waals surface area contributed by atoms with Gasteiger partial charge in [0.1, 0.15) is 0 Å². The van der Waals surface area contributed by atoms with Crippen LogP contribution in [0.4, 0.5) is 0 Å². The van der Waals surface area contributed by atoms with E-state index in [1.54, 1.807) is 6.20 Å². The van der Waals surface area contributed by atoms with Crippen molar-refractivity contribution in [1.82, 2.24) is 14.8 Å². The molecule has 2 aliphatic heterocycles. The summed E-state index contributed by atoms with van der Waals surface area (Å²) in [4.78, 5) is 33.3. The quantitative estimate of drug-likeness (QED) is 0.872. The van der Waals surface area contributed by atoms with E-state index >= 15 is 0 Å². The van der Waals surface area contributed by atoms with Crippen molar-refractivity contribution in [1.29, 1.82) is 0 Å². The SMILES string of the molecule is Cl.N[C@H](C(=O)N1CCCC1)[C@H]1CC[C@H](N2Cc3ncccc3C2=O)CC1. The molecular formula is C19H27ClN4O2. The molecule has 1 aromatic heterocycles. The van der Waals surface area contributed by atoms with Gasteiger partial charge < -0.3 is 15.5 Å². The molecule has 3 aliphatic rings. The molecule has 0 aromatic carbocycles. The van der Waals surface area contributed by atoms with Crippen molar-refractivity contribution in [2.75, 3.05) is 13.1 Å². The topological polar surface area (TPSA) is 79.5 Å². The van der Waals surface area contributed by atoms with Gasteiger partial charge in [-0.05, 0) is 56.6 Å². The number of carbonyl (C=O) groups excluding carboxylic acids is 2. The standard InChI is InChI=1S/C19H26N4O2.ClH/c20-17(19(25)22-10-1-2-11-22)13-5-7-14(8-6-13)23-12-16-15(18(23)24)4-3-9-21-16;/h3-4,9,13-14,17H,1-2,5-8,10-12,20H2;1H/t13-,14-,17-;/m0./s1. The zero-order valence-electron chi connectivity index (χ0n) is 15.0. The van der Waals surface area contributed by atoms with Gasteiger partial charge in [0.2, 0.25) is 5.91 Å². The van der Waals surface area contributed by atoms with Gasteiger partial charge in [-0.3, -0.25) is 14.6 Å². The van der Waals surface area contributed by atoms with Crippen LogP contribution in [-0.4, -0.2) is 51.8 Å². The molecule has 2 N–H and O–H groups in total. The number of carbonyl (C=O) groups is 2. The van der Waals surface area contributed by atoms with Gasteiger partial charge >= 0.3 is 0 Å². The summed E-state index contributed by atoms with van der Waals surface area (Å²) in [5.74, 6) is 0.460. The van der Waals surface area contributed by atoms with Gasteiger partial charge in [0.25, 0.3) is 5.91 Å². The van der Waals surface area contributed by atoms with Crippen molar-refractivity contribution in [3.05, 3.63) is 29.6 Å². The molecule has 26 heavy (non-hydrogen) atoms. The molecular weight excluding hydrogens is 352 g/mol. The molecule has 3 heterocycles. The Labute approximate surface area is 160 Å². The van der Waals surface area contributed by atoms with E-state index in [1.807, 2.05) is 21.9 Å². The minimum atomic E-state index is -0.382. The first-order valence-electron chi connectivity index (χ1n) is 9.44. The number of likely N-dealkylation sites (tertiary alicyclic amines) is 1. The molecule has 2 fully saturated rings. The second-order valence-corrected chi connectivity index (χ2v) is 7.56. The van der Waals surface area contributed by atoms with E-state index in [1.165, 1.54) is 0 Å². The van der Waals surface area contributed by atoms with Crippen molar-refractivity contribution < 1.29 is 9.59 Å². The van der Waals surface area contributed by atoms with Crippen molar-refractivity contribution in [2.24, 2.45) is 11.7 Å². The molecule has 0 bridgehead atoms. The summed E-state index contributed by atoms with van der Waals surface area (Å²) in [7, 11) is 0. The van der Waals surface area contributed by atoms with Crippen LogP contribution < -0.4 is 5.73 Å².